The maximum atomic E-state index is 11.7. The lowest BCUT2D eigenvalue weighted by molar-refractivity contribution is -0.158. The van der Waals surface area contributed by atoms with Gasteiger partial charge >= 0.3 is 23.9 Å². The summed E-state index contributed by atoms with van der Waals surface area (Å²) in [7, 11) is 0. The molecule has 0 radical (unpaired) electrons. The minimum absolute atomic E-state index is 0.240. The third-order valence-electron chi connectivity index (χ3n) is 5.41. The Morgan fingerprint density at radius 3 is 1.14 bits per heavy atom. The van der Waals surface area contributed by atoms with Crippen molar-refractivity contribution in [2.24, 2.45) is 21.7 Å². The van der Waals surface area contributed by atoms with Gasteiger partial charge in [-0.3, -0.25) is 19.2 Å². The molecule has 4 atom stereocenters. The van der Waals surface area contributed by atoms with Gasteiger partial charge < -0.3 is 20.4 Å². The maximum absolute atomic E-state index is 11.7. The van der Waals surface area contributed by atoms with Crippen LogP contribution in [-0.2, 0) is 19.2 Å². The van der Waals surface area contributed by atoms with E-state index in [1.807, 2.05) is 0 Å². The van der Waals surface area contributed by atoms with Crippen LogP contribution >= 0.6 is 0 Å². The molecule has 0 aromatic heterocycles. The van der Waals surface area contributed by atoms with Crippen LogP contribution in [0.1, 0.15) is 39.5 Å². The molecule has 2 saturated carbocycles. The zero-order valence-electron chi connectivity index (χ0n) is 12.3. The third-order valence-corrected chi connectivity index (χ3v) is 5.41. The number of carboxylic acids is 4. The van der Waals surface area contributed by atoms with Crippen molar-refractivity contribution in [3.63, 3.8) is 0 Å². The van der Waals surface area contributed by atoms with Gasteiger partial charge in [-0.15, -0.1) is 0 Å². The van der Waals surface area contributed by atoms with E-state index in [1.54, 1.807) is 0 Å². The number of aliphatic carboxylic acids is 4. The van der Waals surface area contributed by atoms with Crippen molar-refractivity contribution in [2.45, 2.75) is 39.5 Å². The summed E-state index contributed by atoms with van der Waals surface area (Å²) in [5, 5.41) is 37.9. The van der Waals surface area contributed by atoms with Gasteiger partial charge in [-0.05, 0) is 39.5 Å². The van der Waals surface area contributed by atoms with Crippen molar-refractivity contribution in [2.75, 3.05) is 0 Å². The Kier molecular flexibility index (Phi) is 3.11. The summed E-state index contributed by atoms with van der Waals surface area (Å²) in [6.45, 7) is 2.58. The largest absolute Gasteiger partial charge is 0.481 e. The molecule has 4 N–H and O–H groups in total. The number of fused-ring (bicyclic) bond motifs is 1. The Morgan fingerprint density at radius 1 is 0.591 bits per heavy atom. The second-order valence-corrected chi connectivity index (χ2v) is 7.21. The van der Waals surface area contributed by atoms with Gasteiger partial charge in [0, 0.05) is 0 Å². The molecule has 0 aromatic rings. The van der Waals surface area contributed by atoms with Crippen molar-refractivity contribution >= 4 is 23.9 Å². The van der Waals surface area contributed by atoms with Gasteiger partial charge in [0.2, 0.25) is 0 Å². The summed E-state index contributed by atoms with van der Waals surface area (Å²) in [6, 6.07) is 0. The fourth-order valence-corrected chi connectivity index (χ4v) is 4.27. The van der Waals surface area contributed by atoms with Crippen LogP contribution in [-0.4, -0.2) is 44.3 Å². The van der Waals surface area contributed by atoms with Gasteiger partial charge in [-0.25, -0.2) is 0 Å². The van der Waals surface area contributed by atoms with Crippen molar-refractivity contribution in [1.82, 2.24) is 0 Å². The summed E-state index contributed by atoms with van der Waals surface area (Å²) in [5.74, 6) is -5.38. The lowest BCUT2D eigenvalue weighted by atomic mass is 9.69. The zero-order valence-corrected chi connectivity index (χ0v) is 12.3. The van der Waals surface area contributed by atoms with E-state index >= 15 is 0 Å². The minimum Gasteiger partial charge on any atom is -0.481 e. The Hall–Kier alpha value is -2.12. The highest BCUT2D eigenvalue weighted by atomic mass is 16.4. The van der Waals surface area contributed by atoms with Crippen LogP contribution in [0.3, 0.4) is 0 Å². The molecule has 8 nitrogen and oxygen atoms in total. The quantitative estimate of drug-likeness (QED) is 0.597. The molecule has 0 aromatic carbocycles. The lowest BCUT2D eigenvalue weighted by Crippen LogP contribution is -2.39. The first-order chi connectivity index (χ1) is 9.85. The van der Waals surface area contributed by atoms with Crippen molar-refractivity contribution in [3.05, 3.63) is 0 Å². The summed E-state index contributed by atoms with van der Waals surface area (Å²) in [6.07, 6.45) is -1.33. The number of hydrogen-bond acceptors (Lipinski definition) is 4. The van der Waals surface area contributed by atoms with Gasteiger partial charge in [0.15, 0.2) is 0 Å². The lowest BCUT2D eigenvalue weighted by Gasteiger charge is -2.33. The molecule has 0 saturated heterocycles. The zero-order chi connectivity index (χ0) is 17.1. The van der Waals surface area contributed by atoms with Gasteiger partial charge in [0.05, 0.1) is 21.7 Å². The van der Waals surface area contributed by atoms with Gasteiger partial charge in [0.1, 0.15) is 0 Å². The molecule has 2 aliphatic rings. The first kappa shape index (κ1) is 16.3. The molecular weight excluding hydrogens is 296 g/mol. The number of hydrogen-bond donors (Lipinski definition) is 4. The van der Waals surface area contributed by atoms with Crippen molar-refractivity contribution in [3.8, 4) is 0 Å². The number of rotatable bonds is 4. The van der Waals surface area contributed by atoms with E-state index in [1.165, 1.54) is 13.8 Å². The smallest absolute Gasteiger partial charge is 0.310 e. The van der Waals surface area contributed by atoms with E-state index in [9.17, 15) is 39.6 Å². The first-order valence-corrected chi connectivity index (χ1v) is 6.79. The minimum atomic E-state index is -1.72. The normalized spacial score (nSPS) is 43.5. The monoisotopic (exact) mass is 314 g/mol. The van der Waals surface area contributed by atoms with Crippen LogP contribution in [0.15, 0.2) is 0 Å². The van der Waals surface area contributed by atoms with Crippen LogP contribution in [0.25, 0.3) is 0 Å². The highest BCUT2D eigenvalue weighted by Crippen LogP contribution is 2.75. The summed E-state index contributed by atoms with van der Waals surface area (Å²) >= 11 is 0. The standard InChI is InChI=1S/C14H18O8/c1-11(7(15)16)3-12(2,8(17)18)5-14(10(21)22)6-13(14,4-11)9(19)20/h3-6H2,1-2H3,(H,15,16)(H,17,18)(H,19,20)(H,21,22). The Balaban J connectivity index is 2.64. The fourth-order valence-electron chi connectivity index (χ4n) is 4.27. The van der Waals surface area contributed by atoms with E-state index in [2.05, 4.69) is 0 Å². The van der Waals surface area contributed by atoms with Gasteiger partial charge in [0.25, 0.3) is 0 Å². The van der Waals surface area contributed by atoms with Crippen LogP contribution < -0.4 is 0 Å². The summed E-state index contributed by atoms with van der Waals surface area (Å²) in [5.41, 5.74) is -6.67. The summed E-state index contributed by atoms with van der Waals surface area (Å²) < 4.78 is 0. The molecule has 0 amide bonds. The van der Waals surface area contributed by atoms with Crippen molar-refractivity contribution in [1.29, 1.82) is 0 Å². The third kappa shape index (κ3) is 1.82. The van der Waals surface area contributed by atoms with Crippen LogP contribution in [0.4, 0.5) is 0 Å². The van der Waals surface area contributed by atoms with Crippen molar-refractivity contribution < 1.29 is 39.6 Å². The van der Waals surface area contributed by atoms with E-state index in [0.717, 1.165) is 0 Å². The Morgan fingerprint density at radius 2 is 0.909 bits per heavy atom. The summed E-state index contributed by atoms with van der Waals surface area (Å²) in [4.78, 5) is 46.6. The molecule has 2 fully saturated rings. The molecule has 0 bridgehead atoms. The average molecular weight is 314 g/mol. The molecule has 0 heterocycles. The van der Waals surface area contributed by atoms with Crippen LogP contribution in [0.2, 0.25) is 0 Å². The first-order valence-electron chi connectivity index (χ1n) is 6.79. The second-order valence-electron chi connectivity index (χ2n) is 7.21. The van der Waals surface area contributed by atoms with Gasteiger partial charge in [-0.1, -0.05) is 0 Å². The Labute approximate surface area is 125 Å². The number of carbonyl (C=O) groups is 4. The van der Waals surface area contributed by atoms with E-state index in [0.29, 0.717) is 0 Å². The predicted molar refractivity (Wildman–Crippen MR) is 70.1 cm³/mol. The average Bonchev–Trinajstić information content (AvgIpc) is 2.98. The highest BCUT2D eigenvalue weighted by Gasteiger charge is 2.81. The molecule has 0 aliphatic heterocycles. The molecule has 4 unspecified atom stereocenters. The van der Waals surface area contributed by atoms with E-state index in [-0.39, 0.29) is 25.7 Å². The van der Waals surface area contributed by atoms with Crippen LogP contribution in [0.5, 0.6) is 0 Å². The fraction of sp³-hybridized carbons (Fsp3) is 0.714. The SMILES string of the molecule is CC1(C(=O)O)CC(C)(C(=O)O)CC2(C(=O)O)CC2(C(=O)O)C1. The van der Waals surface area contributed by atoms with E-state index < -0.39 is 45.5 Å². The van der Waals surface area contributed by atoms with E-state index in [4.69, 9.17) is 0 Å². The molecule has 122 valence electrons. The van der Waals surface area contributed by atoms with Crippen LogP contribution in [0, 0.1) is 21.7 Å². The van der Waals surface area contributed by atoms with Gasteiger partial charge in [-0.2, -0.15) is 0 Å². The molecule has 22 heavy (non-hydrogen) atoms. The molecule has 2 aliphatic carbocycles. The topological polar surface area (TPSA) is 149 Å². The Bertz CT molecular complexity index is 548. The predicted octanol–water partition coefficient (Wildman–Crippen LogP) is 0.898. The second kappa shape index (κ2) is 4.21. The molecule has 0 spiro atoms. The maximum Gasteiger partial charge on any atom is 0.310 e. The number of carboxylic acid groups (broad SMARTS) is 4. The molecule has 2 rings (SSSR count). The molecule has 8 heteroatoms. The molecular formula is C14H18O8. The highest BCUT2D eigenvalue weighted by molar-refractivity contribution is 5.95.